The number of methoxy groups -OCH3 is 1. The first-order valence-corrected chi connectivity index (χ1v) is 8.32. The molecule has 0 radical (unpaired) electrons. The molecule has 1 aromatic heterocycles. The van der Waals surface area contributed by atoms with Crippen molar-refractivity contribution >= 4 is 29.3 Å². The number of aryl methyl sites for hydroxylation is 2. The number of nitrogens with one attached hydrogen (secondary N) is 1. The first kappa shape index (κ1) is 17.9. The highest BCUT2D eigenvalue weighted by Gasteiger charge is 2.10. The number of nitrogens with zero attached hydrogens (tertiary/aromatic N) is 2. The van der Waals surface area contributed by atoms with Gasteiger partial charge in [-0.05, 0) is 44.5 Å². The van der Waals surface area contributed by atoms with E-state index in [0.717, 1.165) is 17.0 Å². The van der Waals surface area contributed by atoms with Crippen molar-refractivity contribution in [1.82, 2.24) is 9.97 Å². The van der Waals surface area contributed by atoms with Gasteiger partial charge in [0.05, 0.1) is 18.4 Å². The summed E-state index contributed by atoms with van der Waals surface area (Å²) >= 11 is 1.27. The Labute approximate surface area is 145 Å². The van der Waals surface area contributed by atoms with Crippen molar-refractivity contribution in [2.45, 2.75) is 25.9 Å². The average Bonchev–Trinajstić information content (AvgIpc) is 2.57. The fraction of sp³-hybridized carbons (Fsp3) is 0.294. The van der Waals surface area contributed by atoms with Crippen LogP contribution in [0.3, 0.4) is 0 Å². The lowest BCUT2D eigenvalue weighted by Gasteiger charge is -2.08. The second-order valence-electron chi connectivity index (χ2n) is 5.21. The number of hydrogen-bond donors (Lipinski definition) is 1. The molecule has 1 amide bonds. The van der Waals surface area contributed by atoms with E-state index in [-0.39, 0.29) is 11.7 Å². The minimum atomic E-state index is -0.445. The first-order valence-electron chi connectivity index (χ1n) is 7.33. The van der Waals surface area contributed by atoms with Gasteiger partial charge in [0.2, 0.25) is 5.91 Å². The highest BCUT2D eigenvalue weighted by Crippen LogP contribution is 2.18. The maximum Gasteiger partial charge on any atom is 0.337 e. The van der Waals surface area contributed by atoms with E-state index in [0.29, 0.717) is 16.4 Å². The molecule has 1 aromatic carbocycles. The lowest BCUT2D eigenvalue weighted by molar-refractivity contribution is -0.113. The van der Waals surface area contributed by atoms with E-state index >= 15 is 0 Å². The molecule has 0 spiro atoms. The number of amides is 1. The fourth-order valence-corrected chi connectivity index (χ4v) is 2.71. The summed E-state index contributed by atoms with van der Waals surface area (Å²) in [5.74, 6) is -0.453. The number of ether oxygens (including phenoxy) is 1. The predicted molar refractivity (Wildman–Crippen MR) is 93.4 cm³/mol. The minimum Gasteiger partial charge on any atom is -0.465 e. The third-order valence-electron chi connectivity index (χ3n) is 3.51. The topological polar surface area (TPSA) is 81.2 Å². The van der Waals surface area contributed by atoms with E-state index in [2.05, 4.69) is 20.0 Å². The number of carbonyl (C=O) groups is 2. The normalized spacial score (nSPS) is 10.3. The fourth-order valence-electron chi connectivity index (χ4n) is 1.97. The SMILES string of the molecule is COC(=O)c1cccc(NC(=O)CSc2nc(C)c(C)c(C)n2)c1. The van der Waals surface area contributed by atoms with Crippen LogP contribution in [0.5, 0.6) is 0 Å². The number of esters is 1. The van der Waals surface area contributed by atoms with Crippen LogP contribution < -0.4 is 5.32 Å². The standard InChI is InChI=1S/C17H19N3O3S/c1-10-11(2)18-17(19-12(10)3)24-9-15(21)20-14-7-5-6-13(8-14)16(22)23-4/h5-8H,9H2,1-4H3,(H,20,21). The lowest BCUT2D eigenvalue weighted by Crippen LogP contribution is -2.15. The molecule has 7 heteroatoms. The molecule has 0 fully saturated rings. The number of benzene rings is 1. The van der Waals surface area contributed by atoms with Gasteiger partial charge >= 0.3 is 5.97 Å². The van der Waals surface area contributed by atoms with Gasteiger partial charge in [-0.25, -0.2) is 14.8 Å². The Morgan fingerprint density at radius 2 is 1.83 bits per heavy atom. The van der Waals surface area contributed by atoms with Gasteiger partial charge in [-0.15, -0.1) is 0 Å². The van der Waals surface area contributed by atoms with Crippen LogP contribution in [-0.2, 0) is 9.53 Å². The maximum atomic E-state index is 12.1. The van der Waals surface area contributed by atoms with Crippen LogP contribution in [0.4, 0.5) is 5.69 Å². The molecule has 1 heterocycles. The second kappa shape index (κ2) is 7.92. The van der Waals surface area contributed by atoms with Crippen LogP contribution in [0.2, 0.25) is 0 Å². The number of carbonyl (C=O) groups excluding carboxylic acids is 2. The molecular weight excluding hydrogens is 326 g/mol. The Balaban J connectivity index is 1.98. The van der Waals surface area contributed by atoms with Crippen LogP contribution in [-0.4, -0.2) is 34.7 Å². The van der Waals surface area contributed by atoms with Crippen LogP contribution >= 0.6 is 11.8 Å². The Morgan fingerprint density at radius 1 is 1.17 bits per heavy atom. The first-order chi connectivity index (χ1) is 11.4. The predicted octanol–water partition coefficient (Wildman–Crippen LogP) is 2.92. The zero-order valence-corrected chi connectivity index (χ0v) is 14.9. The van der Waals surface area contributed by atoms with Gasteiger partial charge in [0.15, 0.2) is 5.16 Å². The zero-order valence-electron chi connectivity index (χ0n) is 14.0. The van der Waals surface area contributed by atoms with E-state index in [1.165, 1.54) is 18.9 Å². The Bertz CT molecular complexity index is 754. The maximum absolute atomic E-state index is 12.1. The van der Waals surface area contributed by atoms with Gasteiger partial charge in [-0.3, -0.25) is 4.79 Å². The third-order valence-corrected chi connectivity index (χ3v) is 4.36. The van der Waals surface area contributed by atoms with Crippen molar-refractivity contribution < 1.29 is 14.3 Å². The Kier molecular flexibility index (Phi) is 5.92. The van der Waals surface area contributed by atoms with E-state index in [4.69, 9.17) is 0 Å². The van der Waals surface area contributed by atoms with Crippen LogP contribution in [0.25, 0.3) is 0 Å². The van der Waals surface area contributed by atoms with Crippen molar-refractivity contribution in [3.8, 4) is 0 Å². The summed E-state index contributed by atoms with van der Waals surface area (Å²) in [6.45, 7) is 5.82. The number of aromatic nitrogens is 2. The van der Waals surface area contributed by atoms with Crippen molar-refractivity contribution in [2.24, 2.45) is 0 Å². The van der Waals surface area contributed by atoms with Gasteiger partial charge < -0.3 is 10.1 Å². The molecular formula is C17H19N3O3S. The molecule has 2 aromatic rings. The Morgan fingerprint density at radius 3 is 2.46 bits per heavy atom. The smallest absolute Gasteiger partial charge is 0.337 e. The van der Waals surface area contributed by atoms with Gasteiger partial charge in [-0.2, -0.15) is 0 Å². The van der Waals surface area contributed by atoms with E-state index in [1.54, 1.807) is 24.3 Å². The highest BCUT2D eigenvalue weighted by molar-refractivity contribution is 7.99. The molecule has 0 unspecified atom stereocenters. The zero-order chi connectivity index (χ0) is 17.7. The van der Waals surface area contributed by atoms with Crippen LogP contribution in [0, 0.1) is 20.8 Å². The third kappa shape index (κ3) is 4.55. The quantitative estimate of drug-likeness (QED) is 0.510. The van der Waals surface area contributed by atoms with Crippen LogP contribution in [0.1, 0.15) is 27.3 Å². The number of anilines is 1. The monoisotopic (exact) mass is 345 g/mol. The molecule has 24 heavy (non-hydrogen) atoms. The van der Waals surface area contributed by atoms with Gasteiger partial charge in [0.25, 0.3) is 0 Å². The minimum absolute atomic E-state index is 0.185. The van der Waals surface area contributed by atoms with E-state index in [1.807, 2.05) is 20.8 Å². The van der Waals surface area contributed by atoms with Crippen molar-refractivity contribution in [2.75, 3.05) is 18.2 Å². The van der Waals surface area contributed by atoms with Crippen molar-refractivity contribution in [3.05, 3.63) is 46.8 Å². The van der Waals surface area contributed by atoms with Gasteiger partial charge in [-0.1, -0.05) is 17.8 Å². The summed E-state index contributed by atoms with van der Waals surface area (Å²) in [7, 11) is 1.32. The lowest BCUT2D eigenvalue weighted by atomic mass is 10.2. The summed E-state index contributed by atoms with van der Waals surface area (Å²) in [4.78, 5) is 32.3. The van der Waals surface area contributed by atoms with Crippen molar-refractivity contribution in [1.29, 1.82) is 0 Å². The highest BCUT2D eigenvalue weighted by atomic mass is 32.2. The molecule has 6 nitrogen and oxygen atoms in total. The molecule has 0 atom stereocenters. The molecule has 0 aliphatic heterocycles. The van der Waals surface area contributed by atoms with Gasteiger partial charge in [0, 0.05) is 17.1 Å². The average molecular weight is 345 g/mol. The van der Waals surface area contributed by atoms with Crippen molar-refractivity contribution in [3.63, 3.8) is 0 Å². The summed E-state index contributed by atoms with van der Waals surface area (Å²) < 4.78 is 4.66. The molecule has 2 rings (SSSR count). The largest absolute Gasteiger partial charge is 0.465 e. The summed E-state index contributed by atoms with van der Waals surface area (Å²) in [6.07, 6.45) is 0. The molecule has 0 aliphatic carbocycles. The second-order valence-corrected chi connectivity index (χ2v) is 6.15. The number of thioether (sulfide) groups is 1. The molecule has 0 aliphatic rings. The molecule has 0 saturated carbocycles. The Hall–Kier alpha value is -2.41. The molecule has 126 valence electrons. The molecule has 1 N–H and O–H groups in total. The molecule has 0 bridgehead atoms. The van der Waals surface area contributed by atoms with E-state index in [9.17, 15) is 9.59 Å². The summed E-state index contributed by atoms with van der Waals surface area (Å²) in [5, 5.41) is 3.33. The molecule has 0 saturated heterocycles. The summed E-state index contributed by atoms with van der Waals surface area (Å²) in [5.41, 5.74) is 3.81. The van der Waals surface area contributed by atoms with Gasteiger partial charge in [0.1, 0.15) is 0 Å². The number of hydrogen-bond acceptors (Lipinski definition) is 6. The van der Waals surface area contributed by atoms with E-state index < -0.39 is 5.97 Å². The number of rotatable bonds is 5. The van der Waals surface area contributed by atoms with Crippen LogP contribution in [0.15, 0.2) is 29.4 Å². The summed E-state index contributed by atoms with van der Waals surface area (Å²) in [6, 6.07) is 6.60.